The van der Waals surface area contributed by atoms with Crippen LogP contribution in [0.1, 0.15) is 32.1 Å². The molecule has 106 valence electrons. The van der Waals surface area contributed by atoms with Crippen molar-refractivity contribution in [3.63, 3.8) is 0 Å². The van der Waals surface area contributed by atoms with E-state index in [1.807, 2.05) is 0 Å². The molecule has 1 heterocycles. The van der Waals surface area contributed by atoms with Crippen molar-refractivity contribution in [3.05, 3.63) is 0 Å². The summed E-state index contributed by atoms with van der Waals surface area (Å²) in [5.74, 6) is 1.20. The molecule has 1 aliphatic carbocycles. The van der Waals surface area contributed by atoms with Gasteiger partial charge in [0.1, 0.15) is 5.08 Å². The van der Waals surface area contributed by atoms with Crippen LogP contribution in [0, 0.1) is 11.8 Å². The van der Waals surface area contributed by atoms with E-state index < -0.39 is 10.0 Å². The molecule has 2 aliphatic rings. The Morgan fingerprint density at radius 2 is 1.94 bits per heavy atom. The normalized spacial score (nSPS) is 30.1. The molecule has 2 fully saturated rings. The number of nitrogens with zero attached hydrogens (tertiary/aromatic N) is 1. The van der Waals surface area contributed by atoms with Gasteiger partial charge in [0.25, 0.3) is 0 Å². The summed E-state index contributed by atoms with van der Waals surface area (Å²) in [6.07, 6.45) is 5.80. The van der Waals surface area contributed by atoms with Crippen molar-refractivity contribution in [3.8, 4) is 0 Å². The molecule has 2 unspecified atom stereocenters. The zero-order valence-corrected chi connectivity index (χ0v) is 11.7. The summed E-state index contributed by atoms with van der Waals surface area (Å²) in [4.78, 5) is 0. The Bertz CT molecular complexity index is 361. The summed E-state index contributed by atoms with van der Waals surface area (Å²) in [7, 11) is -3.35. The lowest BCUT2D eigenvalue weighted by Crippen LogP contribution is -2.45. The molecular formula is C10H18NO5S2-. The molecule has 0 spiro atoms. The molecule has 0 aromatic heterocycles. The summed E-state index contributed by atoms with van der Waals surface area (Å²) in [5, 5.41) is 12.5. The number of piperidine rings is 1. The van der Waals surface area contributed by atoms with E-state index >= 15 is 0 Å². The third-order valence-corrected chi connectivity index (χ3v) is 6.77. The van der Waals surface area contributed by atoms with E-state index in [4.69, 9.17) is 0 Å². The van der Waals surface area contributed by atoms with Crippen LogP contribution in [-0.2, 0) is 19.4 Å². The molecule has 18 heavy (non-hydrogen) atoms. The third kappa shape index (κ3) is 3.58. The monoisotopic (exact) mass is 296 g/mol. The van der Waals surface area contributed by atoms with Gasteiger partial charge in [-0.3, -0.25) is 5.04 Å². The van der Waals surface area contributed by atoms with Crippen LogP contribution in [0.15, 0.2) is 0 Å². The molecule has 0 amide bonds. The predicted molar refractivity (Wildman–Crippen MR) is 65.2 cm³/mol. The van der Waals surface area contributed by atoms with E-state index in [9.17, 15) is 13.7 Å². The Morgan fingerprint density at radius 3 is 2.67 bits per heavy atom. The van der Waals surface area contributed by atoms with Crippen LogP contribution in [0.5, 0.6) is 0 Å². The van der Waals surface area contributed by atoms with Crippen LogP contribution in [-0.4, -0.2) is 30.9 Å². The zero-order valence-electron chi connectivity index (χ0n) is 10.1. The first-order valence-electron chi connectivity index (χ1n) is 6.19. The molecule has 2 atom stereocenters. The topological polar surface area (TPSA) is 78.9 Å². The Labute approximate surface area is 112 Å². The Hall–Kier alpha value is 0.140. The standard InChI is InChI=1S/C10H19NO5S2/c12-15-16-17-8-18(13,14)11-6-5-9-3-1-2-4-10(9)7-11/h9-10,12H,1-8H2/p-1. The SMILES string of the molecule is O=S(=O)(CSOO[O-])N1CCC2CCCCC2C1. The van der Waals surface area contributed by atoms with Crippen molar-refractivity contribution in [2.45, 2.75) is 32.1 Å². The summed E-state index contributed by atoms with van der Waals surface area (Å²) in [6.45, 7) is 1.20. The maximum absolute atomic E-state index is 12.0. The number of rotatable bonds is 5. The number of sulfonamides is 1. The van der Waals surface area contributed by atoms with Crippen LogP contribution in [0.3, 0.4) is 0 Å². The highest BCUT2D eigenvalue weighted by Gasteiger charge is 2.35. The lowest BCUT2D eigenvalue weighted by Gasteiger charge is -2.40. The van der Waals surface area contributed by atoms with Gasteiger partial charge in [-0.15, -0.1) is 0 Å². The van der Waals surface area contributed by atoms with Crippen molar-refractivity contribution in [1.82, 2.24) is 4.31 Å². The van der Waals surface area contributed by atoms with E-state index in [1.54, 1.807) is 0 Å². The maximum Gasteiger partial charge on any atom is 0.225 e. The molecule has 1 aliphatic heterocycles. The van der Waals surface area contributed by atoms with E-state index in [0.717, 1.165) is 12.8 Å². The fourth-order valence-electron chi connectivity index (χ4n) is 2.99. The molecule has 0 aromatic rings. The van der Waals surface area contributed by atoms with Crippen molar-refractivity contribution in [2.24, 2.45) is 11.8 Å². The van der Waals surface area contributed by atoms with Crippen LogP contribution in [0.4, 0.5) is 0 Å². The third-order valence-electron chi connectivity index (χ3n) is 3.92. The molecular weight excluding hydrogens is 278 g/mol. The molecule has 1 saturated heterocycles. The van der Waals surface area contributed by atoms with Gasteiger partial charge in [0.15, 0.2) is 0 Å². The molecule has 0 aromatic carbocycles. The van der Waals surface area contributed by atoms with E-state index in [2.05, 4.69) is 9.37 Å². The van der Waals surface area contributed by atoms with Gasteiger partial charge >= 0.3 is 0 Å². The van der Waals surface area contributed by atoms with Gasteiger partial charge in [-0.1, -0.05) is 19.3 Å². The molecule has 0 N–H and O–H groups in total. The lowest BCUT2D eigenvalue weighted by atomic mass is 9.76. The second kappa shape index (κ2) is 6.53. The van der Waals surface area contributed by atoms with Crippen molar-refractivity contribution < 1.29 is 23.0 Å². The number of fused-ring (bicyclic) bond motifs is 1. The average molecular weight is 296 g/mol. The predicted octanol–water partition coefficient (Wildman–Crippen LogP) is 0.657. The van der Waals surface area contributed by atoms with Crippen LogP contribution in [0.25, 0.3) is 0 Å². The van der Waals surface area contributed by atoms with Crippen molar-refractivity contribution in [1.29, 1.82) is 0 Å². The van der Waals surface area contributed by atoms with E-state index in [1.165, 1.54) is 23.6 Å². The fourth-order valence-corrected chi connectivity index (χ4v) is 5.08. The van der Waals surface area contributed by atoms with Gasteiger partial charge in [-0.25, -0.2) is 12.7 Å². The molecule has 0 radical (unpaired) electrons. The van der Waals surface area contributed by atoms with Crippen LogP contribution >= 0.6 is 12.0 Å². The first-order valence-corrected chi connectivity index (χ1v) is 8.71. The minimum atomic E-state index is -3.35. The van der Waals surface area contributed by atoms with Gasteiger partial charge < -0.3 is 5.26 Å². The molecule has 1 saturated carbocycles. The smallest absolute Gasteiger partial charge is 0.225 e. The largest absolute Gasteiger partial charge is 0.691 e. The van der Waals surface area contributed by atoms with Crippen molar-refractivity contribution in [2.75, 3.05) is 18.2 Å². The lowest BCUT2D eigenvalue weighted by molar-refractivity contribution is -0.777. The van der Waals surface area contributed by atoms with Gasteiger partial charge in [0.2, 0.25) is 10.0 Å². The van der Waals surface area contributed by atoms with Gasteiger partial charge in [0, 0.05) is 25.1 Å². The maximum atomic E-state index is 12.0. The number of hydrogen-bond donors (Lipinski definition) is 0. The minimum Gasteiger partial charge on any atom is -0.691 e. The highest BCUT2D eigenvalue weighted by atomic mass is 32.3. The van der Waals surface area contributed by atoms with Gasteiger partial charge in [-0.2, -0.15) is 4.33 Å². The summed E-state index contributed by atoms with van der Waals surface area (Å²) >= 11 is 0.519. The molecule has 6 nitrogen and oxygen atoms in total. The zero-order chi connectivity index (χ0) is 13.0. The second-order valence-electron chi connectivity index (χ2n) is 4.93. The Balaban J connectivity index is 1.89. The van der Waals surface area contributed by atoms with E-state index in [0.29, 0.717) is 37.0 Å². The first-order chi connectivity index (χ1) is 8.63. The van der Waals surface area contributed by atoms with Crippen molar-refractivity contribution >= 4 is 22.1 Å². The molecule has 0 bridgehead atoms. The van der Waals surface area contributed by atoms with Crippen LogP contribution < -0.4 is 5.26 Å². The highest BCUT2D eigenvalue weighted by Crippen LogP contribution is 2.37. The van der Waals surface area contributed by atoms with Crippen LogP contribution in [0.2, 0.25) is 0 Å². The fraction of sp³-hybridized carbons (Fsp3) is 1.00. The average Bonchev–Trinajstić information content (AvgIpc) is 2.38. The number of hydrogen-bond acceptors (Lipinski definition) is 6. The minimum absolute atomic E-state index is 0.271. The molecule has 8 heteroatoms. The first kappa shape index (κ1) is 14.5. The van der Waals surface area contributed by atoms with Gasteiger partial charge in [0.05, 0.1) is 0 Å². The second-order valence-corrected chi connectivity index (χ2v) is 7.93. The summed E-state index contributed by atoms with van der Waals surface area (Å²) < 4.78 is 29.6. The quantitative estimate of drug-likeness (QED) is 0.321. The van der Waals surface area contributed by atoms with E-state index in [-0.39, 0.29) is 5.08 Å². The Morgan fingerprint density at radius 1 is 1.22 bits per heavy atom. The highest BCUT2D eigenvalue weighted by molar-refractivity contribution is 8.08. The summed E-state index contributed by atoms with van der Waals surface area (Å²) in [5.41, 5.74) is 0. The summed E-state index contributed by atoms with van der Waals surface area (Å²) in [6, 6.07) is 0. The molecule has 2 rings (SSSR count). The van der Waals surface area contributed by atoms with Gasteiger partial charge in [-0.05, 0) is 24.7 Å². The Kier molecular flexibility index (Phi) is 5.28.